The van der Waals surface area contributed by atoms with E-state index < -0.39 is 11.2 Å². The lowest BCUT2D eigenvalue weighted by Gasteiger charge is -2.26. The van der Waals surface area contributed by atoms with Crippen LogP contribution in [-0.4, -0.2) is 70.9 Å². The second-order valence-electron chi connectivity index (χ2n) is 11.1. The number of hydrogen-bond acceptors (Lipinski definition) is 9. The van der Waals surface area contributed by atoms with Gasteiger partial charge in [0.1, 0.15) is 5.82 Å². The molecule has 2 aliphatic rings. The second-order valence-corrected chi connectivity index (χ2v) is 11.1. The zero-order valence-corrected chi connectivity index (χ0v) is 24.1. The molecule has 0 N–H and O–H groups in total. The van der Waals surface area contributed by atoms with E-state index in [-0.39, 0.29) is 41.7 Å². The Bertz CT molecular complexity index is 1660. The van der Waals surface area contributed by atoms with Crippen molar-refractivity contribution >= 4 is 22.7 Å². The number of morpholine rings is 1. The maximum atomic E-state index is 15.1. The molecule has 0 radical (unpaired) electrons. The molecule has 0 spiro atoms. The lowest BCUT2D eigenvalue weighted by atomic mass is 9.88. The maximum absolute atomic E-state index is 15.1. The van der Waals surface area contributed by atoms with Crippen molar-refractivity contribution in [3.63, 3.8) is 0 Å². The number of carbonyl (C=O) groups is 2. The molecule has 44 heavy (non-hydrogen) atoms. The van der Waals surface area contributed by atoms with Crippen molar-refractivity contribution < 1.29 is 32.6 Å². The molecule has 0 unspecified atom stereocenters. The lowest BCUT2D eigenvalue weighted by molar-refractivity contribution is -0.133. The second kappa shape index (κ2) is 13.1. The molecule has 0 amide bonds. The van der Waals surface area contributed by atoms with Gasteiger partial charge in [0.2, 0.25) is 5.88 Å². The van der Waals surface area contributed by atoms with Crippen LogP contribution in [0.2, 0.25) is 0 Å². The molecule has 0 atom stereocenters. The van der Waals surface area contributed by atoms with Crippen LogP contribution < -0.4 is 9.47 Å². The number of aromatic nitrogens is 3. The van der Waals surface area contributed by atoms with Gasteiger partial charge in [0.25, 0.3) is 0 Å². The van der Waals surface area contributed by atoms with Crippen LogP contribution in [0.1, 0.15) is 30.4 Å². The summed E-state index contributed by atoms with van der Waals surface area (Å²) in [6.07, 6.45) is 4.73. The zero-order valence-electron chi connectivity index (χ0n) is 24.1. The van der Waals surface area contributed by atoms with Crippen molar-refractivity contribution in [3.8, 4) is 17.4 Å². The molecule has 1 aliphatic heterocycles. The summed E-state index contributed by atoms with van der Waals surface area (Å²) in [4.78, 5) is 41.5. The Hall–Kier alpha value is -4.35. The van der Waals surface area contributed by atoms with Crippen LogP contribution in [0, 0.1) is 17.0 Å². The minimum absolute atomic E-state index is 0.0486. The SMILES string of the molecule is O=C(Cc1ccc(F)cc1)C1(C(=O)Cc2ccc(Oc3ccnc4nc(OCCCN5CCOCC5)cnc34)c(F)c2)CC1. The van der Waals surface area contributed by atoms with Gasteiger partial charge in [0, 0.05) is 44.7 Å². The third-order valence-corrected chi connectivity index (χ3v) is 8.04. The average Bonchev–Trinajstić information content (AvgIpc) is 3.85. The standard InChI is InChI=1S/C33H32F2N4O5/c34-24-5-2-22(3-6-24)19-28(40)33(9-10-33)29(41)20-23-4-7-26(25(35)18-23)44-27-8-11-36-32-31(27)37-21-30(38-32)43-15-1-12-39-13-16-42-17-14-39/h2-8,11,18,21H,1,9-10,12-17,19-20H2. The van der Waals surface area contributed by atoms with E-state index in [0.717, 1.165) is 39.3 Å². The number of carbonyl (C=O) groups excluding carboxylic acids is 2. The first-order chi connectivity index (χ1) is 21.4. The van der Waals surface area contributed by atoms with Crippen molar-refractivity contribution in [3.05, 3.63) is 83.7 Å². The predicted octanol–water partition coefficient (Wildman–Crippen LogP) is 4.90. The van der Waals surface area contributed by atoms with E-state index in [0.29, 0.717) is 47.6 Å². The number of fused-ring (bicyclic) bond motifs is 1. The summed E-state index contributed by atoms with van der Waals surface area (Å²) in [7, 11) is 0. The molecule has 1 saturated heterocycles. The van der Waals surface area contributed by atoms with Gasteiger partial charge >= 0.3 is 0 Å². The molecule has 3 heterocycles. The largest absolute Gasteiger partial charge is 0.476 e. The van der Waals surface area contributed by atoms with Gasteiger partial charge in [-0.25, -0.2) is 18.7 Å². The highest BCUT2D eigenvalue weighted by atomic mass is 19.1. The highest BCUT2D eigenvalue weighted by Crippen LogP contribution is 2.49. The van der Waals surface area contributed by atoms with Crippen LogP contribution in [0.25, 0.3) is 11.2 Å². The smallest absolute Gasteiger partial charge is 0.234 e. The van der Waals surface area contributed by atoms with Gasteiger partial charge < -0.3 is 14.2 Å². The fourth-order valence-electron chi connectivity index (χ4n) is 5.33. The maximum Gasteiger partial charge on any atom is 0.234 e. The van der Waals surface area contributed by atoms with Gasteiger partial charge in [-0.1, -0.05) is 18.2 Å². The monoisotopic (exact) mass is 602 g/mol. The number of halogens is 2. The number of nitrogens with zero attached hydrogens (tertiary/aromatic N) is 4. The zero-order chi connectivity index (χ0) is 30.5. The van der Waals surface area contributed by atoms with Crippen LogP contribution in [0.15, 0.2) is 60.9 Å². The molecule has 2 aromatic heterocycles. The third kappa shape index (κ3) is 6.89. The minimum atomic E-state index is -1.06. The van der Waals surface area contributed by atoms with Crippen LogP contribution in [0.3, 0.4) is 0 Å². The summed E-state index contributed by atoms with van der Waals surface area (Å²) < 4.78 is 45.3. The fraction of sp³-hybridized carbons (Fsp3) is 0.364. The number of hydrogen-bond donors (Lipinski definition) is 0. The molecule has 2 fully saturated rings. The summed E-state index contributed by atoms with van der Waals surface area (Å²) in [6, 6.07) is 11.5. The first-order valence-corrected chi connectivity index (χ1v) is 14.7. The number of benzene rings is 2. The Balaban J connectivity index is 1.06. The quantitative estimate of drug-likeness (QED) is 0.156. The number of pyridine rings is 1. The van der Waals surface area contributed by atoms with E-state index in [4.69, 9.17) is 14.2 Å². The molecular weight excluding hydrogens is 570 g/mol. The summed E-state index contributed by atoms with van der Waals surface area (Å²) in [6.45, 7) is 4.75. The van der Waals surface area contributed by atoms with Crippen LogP contribution >= 0.6 is 0 Å². The lowest BCUT2D eigenvalue weighted by Crippen LogP contribution is -2.37. The van der Waals surface area contributed by atoms with Crippen molar-refractivity contribution in [1.82, 2.24) is 19.9 Å². The van der Waals surface area contributed by atoms with Gasteiger partial charge in [-0.2, -0.15) is 4.98 Å². The molecule has 11 heteroatoms. The van der Waals surface area contributed by atoms with Gasteiger partial charge in [-0.15, -0.1) is 0 Å². The highest BCUT2D eigenvalue weighted by molar-refractivity contribution is 6.10. The molecule has 4 aromatic rings. The van der Waals surface area contributed by atoms with E-state index in [1.165, 1.54) is 36.7 Å². The Labute approximate surface area is 253 Å². The first kappa shape index (κ1) is 29.7. The average molecular weight is 603 g/mol. The van der Waals surface area contributed by atoms with Crippen LogP contribution in [0.4, 0.5) is 8.78 Å². The van der Waals surface area contributed by atoms with Crippen molar-refractivity contribution in [2.45, 2.75) is 32.1 Å². The van der Waals surface area contributed by atoms with Crippen LogP contribution in [-0.2, 0) is 27.2 Å². The predicted molar refractivity (Wildman–Crippen MR) is 157 cm³/mol. The molecule has 6 rings (SSSR count). The first-order valence-electron chi connectivity index (χ1n) is 14.7. The molecule has 1 aliphatic carbocycles. The number of ketones is 2. The van der Waals surface area contributed by atoms with E-state index in [1.54, 1.807) is 24.3 Å². The topological polar surface area (TPSA) is 104 Å². The fourth-order valence-corrected chi connectivity index (χ4v) is 5.33. The minimum Gasteiger partial charge on any atom is -0.476 e. The van der Waals surface area contributed by atoms with E-state index in [1.807, 2.05) is 0 Å². The van der Waals surface area contributed by atoms with E-state index >= 15 is 4.39 Å². The van der Waals surface area contributed by atoms with Crippen molar-refractivity contribution in [2.24, 2.45) is 5.41 Å². The van der Waals surface area contributed by atoms with E-state index in [2.05, 4.69) is 19.9 Å². The van der Waals surface area contributed by atoms with Gasteiger partial charge in [0.05, 0.1) is 31.4 Å². The Morgan fingerprint density at radius 2 is 1.64 bits per heavy atom. The molecule has 228 valence electrons. The molecule has 1 saturated carbocycles. The molecule has 2 aromatic carbocycles. The summed E-state index contributed by atoms with van der Waals surface area (Å²) in [5.41, 5.74) is 0.688. The van der Waals surface area contributed by atoms with E-state index in [9.17, 15) is 14.0 Å². The van der Waals surface area contributed by atoms with Crippen molar-refractivity contribution in [1.29, 1.82) is 0 Å². The highest BCUT2D eigenvalue weighted by Gasteiger charge is 2.54. The summed E-state index contributed by atoms with van der Waals surface area (Å²) in [5.74, 6) is -0.915. The Kier molecular flexibility index (Phi) is 8.85. The molecular formula is C33H32F2N4O5. The van der Waals surface area contributed by atoms with Crippen LogP contribution in [0.5, 0.6) is 17.4 Å². The Morgan fingerprint density at radius 1 is 0.909 bits per heavy atom. The third-order valence-electron chi connectivity index (χ3n) is 8.04. The van der Waals surface area contributed by atoms with Crippen molar-refractivity contribution in [2.75, 3.05) is 39.5 Å². The van der Waals surface area contributed by atoms with Gasteiger partial charge in [-0.05, 0) is 54.7 Å². The number of rotatable bonds is 13. The summed E-state index contributed by atoms with van der Waals surface area (Å²) >= 11 is 0. The molecule has 9 nitrogen and oxygen atoms in total. The van der Waals surface area contributed by atoms with Gasteiger partial charge in [0.15, 0.2) is 40.0 Å². The number of Topliss-reactive ketones (excluding diaryl/α,β-unsaturated/α-hetero) is 2. The normalized spacial score (nSPS) is 16.0. The Morgan fingerprint density at radius 3 is 2.36 bits per heavy atom. The molecule has 0 bridgehead atoms. The summed E-state index contributed by atoms with van der Waals surface area (Å²) in [5, 5.41) is 0. The number of ether oxygens (including phenoxy) is 3. The van der Waals surface area contributed by atoms with Gasteiger partial charge in [-0.3, -0.25) is 14.5 Å².